The van der Waals surface area contributed by atoms with E-state index in [1.807, 2.05) is 60.7 Å². The van der Waals surface area contributed by atoms with Gasteiger partial charge in [0.2, 0.25) is 5.91 Å². The molecule has 0 radical (unpaired) electrons. The van der Waals surface area contributed by atoms with Gasteiger partial charge in [-0.15, -0.1) is 0 Å². The summed E-state index contributed by atoms with van der Waals surface area (Å²) in [4.78, 5) is 15.4. The van der Waals surface area contributed by atoms with Crippen LogP contribution in [0.4, 0.5) is 5.69 Å². The first-order chi connectivity index (χ1) is 16.6. The lowest BCUT2D eigenvalue weighted by atomic mass is 9.76. The molecule has 7 heteroatoms. The van der Waals surface area contributed by atoms with Crippen molar-refractivity contribution in [2.45, 2.75) is 17.3 Å². The van der Waals surface area contributed by atoms with Crippen LogP contribution in [-0.4, -0.2) is 38.1 Å². The zero-order valence-corrected chi connectivity index (χ0v) is 18.2. The van der Waals surface area contributed by atoms with E-state index < -0.39 is 11.2 Å². The van der Waals surface area contributed by atoms with E-state index in [9.17, 15) is 4.79 Å². The monoisotopic (exact) mass is 453 g/mol. The van der Waals surface area contributed by atoms with E-state index in [0.717, 1.165) is 28.0 Å². The van der Waals surface area contributed by atoms with E-state index in [1.54, 1.807) is 18.2 Å². The first kappa shape index (κ1) is 18.3. The van der Waals surface area contributed by atoms with Crippen LogP contribution in [0.25, 0.3) is 0 Å². The fourth-order valence-electron chi connectivity index (χ4n) is 5.86. The number of carbonyl (C=O) groups is 1. The number of rotatable bonds is 1. The number of fused-ring (bicyclic) bond motifs is 2. The average molecular weight is 453 g/mol. The van der Waals surface area contributed by atoms with Gasteiger partial charge in [-0.2, -0.15) is 0 Å². The maximum absolute atomic E-state index is 13.7. The molecule has 3 unspecified atom stereocenters. The third-order valence-electron chi connectivity index (χ3n) is 7.53. The minimum atomic E-state index is -1.26. The molecule has 5 aliphatic heterocycles. The van der Waals surface area contributed by atoms with Crippen LogP contribution in [0, 0.1) is 0 Å². The maximum atomic E-state index is 13.7. The van der Waals surface area contributed by atoms with Gasteiger partial charge < -0.3 is 28.6 Å². The second-order valence-electron chi connectivity index (χ2n) is 9.26. The first-order valence-electron chi connectivity index (χ1n) is 11.3. The molecule has 34 heavy (non-hydrogen) atoms. The lowest BCUT2D eigenvalue weighted by Crippen LogP contribution is -2.52. The topological polar surface area (TPSA) is 66.5 Å². The Balaban J connectivity index is 1.40. The molecule has 8 rings (SSSR count). The van der Waals surface area contributed by atoms with Crippen molar-refractivity contribution in [3.05, 3.63) is 89.2 Å². The predicted octanol–water partition coefficient (Wildman–Crippen LogP) is 3.54. The third kappa shape index (κ3) is 2.02. The van der Waals surface area contributed by atoms with Crippen LogP contribution < -0.4 is 23.8 Å². The minimum Gasteiger partial charge on any atom is -0.491 e. The molecule has 1 spiro atoms. The molecule has 0 fully saturated rings. The molecule has 6 aliphatic rings. The van der Waals surface area contributed by atoms with Crippen molar-refractivity contribution in [2.75, 3.05) is 25.2 Å². The van der Waals surface area contributed by atoms with E-state index in [-0.39, 0.29) is 25.2 Å². The molecule has 168 valence electrons. The van der Waals surface area contributed by atoms with Gasteiger partial charge in [0.25, 0.3) is 0 Å². The number of likely N-dealkylation sites (N-methyl/N-ethyl adjacent to an activating group) is 1. The van der Waals surface area contributed by atoms with Crippen LogP contribution in [0.1, 0.15) is 11.1 Å². The smallest absolute Gasteiger partial charge is 0.312 e. The van der Waals surface area contributed by atoms with Crippen molar-refractivity contribution < 1.29 is 28.5 Å². The van der Waals surface area contributed by atoms with Crippen molar-refractivity contribution >= 4 is 11.6 Å². The fraction of sp³-hybridized carbons (Fsp3) is 0.222. The van der Waals surface area contributed by atoms with Crippen molar-refractivity contribution in [1.29, 1.82) is 0 Å². The Morgan fingerprint density at radius 2 is 1.88 bits per heavy atom. The minimum absolute atomic E-state index is 0.0439. The standard InChI is InChI=1S/C27H19NO6/c1-28-18-5-2-6-19-24(18)26(25(28)29)13-31-21-12-22-23(11-17(21)26)34-27(33-19,14-32-22)16-8-7-15-4-3-9-30-20(15)10-16/h2-12,20H,13-14H2,1H3. The lowest BCUT2D eigenvalue weighted by molar-refractivity contribution is -0.125. The zero-order valence-electron chi connectivity index (χ0n) is 18.2. The van der Waals surface area contributed by atoms with E-state index in [0.29, 0.717) is 23.0 Å². The molecule has 0 saturated heterocycles. The summed E-state index contributed by atoms with van der Waals surface area (Å²) in [6.07, 6.45) is 11.3. The van der Waals surface area contributed by atoms with E-state index in [4.69, 9.17) is 23.7 Å². The van der Waals surface area contributed by atoms with Crippen LogP contribution in [0.2, 0.25) is 0 Å². The average Bonchev–Trinajstić information content (AvgIpc) is 3.34. The Morgan fingerprint density at radius 3 is 2.82 bits per heavy atom. The molecule has 0 N–H and O–H groups in total. The molecule has 5 heterocycles. The molecular formula is C27H19NO6. The summed E-state index contributed by atoms with van der Waals surface area (Å²) in [7, 11) is 1.80. The summed E-state index contributed by atoms with van der Waals surface area (Å²) in [5.74, 6) is 0.992. The largest absolute Gasteiger partial charge is 0.491 e. The number of hydrogen-bond acceptors (Lipinski definition) is 6. The van der Waals surface area contributed by atoms with Crippen LogP contribution in [0.15, 0.2) is 78.1 Å². The highest BCUT2D eigenvalue weighted by molar-refractivity contribution is 6.12. The van der Waals surface area contributed by atoms with Crippen molar-refractivity contribution in [1.82, 2.24) is 0 Å². The number of nitrogens with zero attached hydrogens (tertiary/aromatic N) is 1. The van der Waals surface area contributed by atoms with Gasteiger partial charge in [0.15, 0.2) is 18.1 Å². The molecule has 1 amide bonds. The van der Waals surface area contributed by atoms with Gasteiger partial charge in [0.05, 0.1) is 11.9 Å². The lowest BCUT2D eigenvalue weighted by Gasteiger charge is -2.40. The van der Waals surface area contributed by atoms with Crippen molar-refractivity contribution in [3.8, 4) is 23.0 Å². The summed E-state index contributed by atoms with van der Waals surface area (Å²) in [6, 6.07) is 9.43. The molecule has 0 saturated carbocycles. The highest BCUT2D eigenvalue weighted by atomic mass is 16.7. The van der Waals surface area contributed by atoms with Crippen LogP contribution in [-0.2, 0) is 14.9 Å². The Morgan fingerprint density at radius 1 is 1.00 bits per heavy atom. The number of ether oxygens (including phenoxy) is 5. The summed E-state index contributed by atoms with van der Waals surface area (Å²) >= 11 is 0. The van der Waals surface area contributed by atoms with Gasteiger partial charge in [-0.25, -0.2) is 0 Å². The molecule has 1 aliphatic carbocycles. The summed E-state index contributed by atoms with van der Waals surface area (Å²) in [5, 5.41) is 0. The second-order valence-corrected chi connectivity index (χ2v) is 9.26. The number of hydrogen-bond donors (Lipinski definition) is 0. The summed E-state index contributed by atoms with van der Waals surface area (Å²) in [5.41, 5.74) is 3.23. The van der Waals surface area contributed by atoms with E-state index in [2.05, 4.69) is 0 Å². The van der Waals surface area contributed by atoms with Crippen LogP contribution in [0.5, 0.6) is 23.0 Å². The number of amides is 1. The molecule has 3 bridgehead atoms. The van der Waals surface area contributed by atoms with Gasteiger partial charge in [-0.3, -0.25) is 4.79 Å². The maximum Gasteiger partial charge on any atom is 0.312 e. The van der Waals surface area contributed by atoms with Gasteiger partial charge in [-0.05, 0) is 35.9 Å². The number of anilines is 1. The molecule has 7 nitrogen and oxygen atoms in total. The van der Waals surface area contributed by atoms with Gasteiger partial charge in [-0.1, -0.05) is 24.3 Å². The van der Waals surface area contributed by atoms with Crippen LogP contribution in [0.3, 0.4) is 0 Å². The molecule has 2 aromatic rings. The number of benzene rings is 2. The van der Waals surface area contributed by atoms with Crippen LogP contribution >= 0.6 is 0 Å². The van der Waals surface area contributed by atoms with Gasteiger partial charge >= 0.3 is 5.79 Å². The predicted molar refractivity (Wildman–Crippen MR) is 121 cm³/mol. The Kier molecular flexibility index (Phi) is 3.16. The number of carbonyl (C=O) groups excluding carboxylic acids is 1. The second kappa shape index (κ2) is 5.86. The quantitative estimate of drug-likeness (QED) is 0.658. The Bertz CT molecular complexity index is 1450. The first-order valence-corrected chi connectivity index (χ1v) is 11.3. The molecular weight excluding hydrogens is 434 g/mol. The van der Waals surface area contributed by atoms with E-state index in [1.165, 1.54) is 0 Å². The van der Waals surface area contributed by atoms with Crippen molar-refractivity contribution in [3.63, 3.8) is 0 Å². The molecule has 0 aromatic heterocycles. The Hall–Kier alpha value is -4.13. The van der Waals surface area contributed by atoms with E-state index >= 15 is 0 Å². The summed E-state index contributed by atoms with van der Waals surface area (Å²) < 4.78 is 31.5. The third-order valence-corrected chi connectivity index (χ3v) is 7.53. The van der Waals surface area contributed by atoms with Gasteiger partial charge in [0.1, 0.15) is 29.6 Å². The molecule has 2 aromatic carbocycles. The SMILES string of the molecule is CN1C(=O)C23COc4cc5c(cc42)OC(C2=CC4OC=CC=C4C=C2)(CO5)Oc2cccc1c23. The highest BCUT2D eigenvalue weighted by Gasteiger charge is 2.60. The fourth-order valence-corrected chi connectivity index (χ4v) is 5.86. The normalized spacial score (nSPS) is 30.3. The zero-order chi connectivity index (χ0) is 22.7. The molecule has 3 atom stereocenters. The highest BCUT2D eigenvalue weighted by Crippen LogP contribution is 2.59. The Labute approximate surface area is 195 Å². The number of allylic oxidation sites excluding steroid dienone is 2. The summed E-state index contributed by atoms with van der Waals surface area (Å²) in [6.45, 7) is 0.324. The van der Waals surface area contributed by atoms with Crippen molar-refractivity contribution in [2.24, 2.45) is 0 Å². The van der Waals surface area contributed by atoms with Gasteiger partial charge in [0, 0.05) is 29.8 Å².